The zero-order chi connectivity index (χ0) is 13.9. The molecular weight excluding hydrogens is 308 g/mol. The fourth-order valence-electron chi connectivity index (χ4n) is 2.38. The molecule has 5 nitrogen and oxygen atoms in total. The highest BCUT2D eigenvalue weighted by molar-refractivity contribution is 7.99. The van der Waals surface area contributed by atoms with Crippen LogP contribution in [0.4, 0.5) is 5.95 Å². The third-order valence-electron chi connectivity index (χ3n) is 3.37. The van der Waals surface area contributed by atoms with Gasteiger partial charge in [-0.25, -0.2) is 4.98 Å². The molecule has 0 bridgehead atoms. The maximum atomic E-state index is 12.2. The van der Waals surface area contributed by atoms with E-state index in [1.807, 2.05) is 24.3 Å². The SMILES string of the molecule is CCCn1c(NC(=O)C2CSCN2)nc2ccccc21.Cl. The Morgan fingerprint density at radius 2 is 2.33 bits per heavy atom. The van der Waals surface area contributed by atoms with E-state index in [1.54, 1.807) is 11.8 Å². The fourth-order valence-corrected chi connectivity index (χ4v) is 3.32. The van der Waals surface area contributed by atoms with Gasteiger partial charge in [-0.05, 0) is 18.6 Å². The predicted molar refractivity (Wildman–Crippen MR) is 90.2 cm³/mol. The van der Waals surface area contributed by atoms with Gasteiger partial charge in [0.15, 0.2) is 0 Å². The summed E-state index contributed by atoms with van der Waals surface area (Å²) < 4.78 is 2.08. The number of anilines is 1. The van der Waals surface area contributed by atoms with E-state index < -0.39 is 0 Å². The van der Waals surface area contributed by atoms with Crippen LogP contribution in [-0.4, -0.2) is 33.1 Å². The lowest BCUT2D eigenvalue weighted by Gasteiger charge is -2.12. The molecule has 0 spiro atoms. The van der Waals surface area contributed by atoms with Gasteiger partial charge in [-0.2, -0.15) is 0 Å². The van der Waals surface area contributed by atoms with Crippen LogP contribution in [0, 0.1) is 0 Å². The molecule has 3 rings (SSSR count). The van der Waals surface area contributed by atoms with Crippen LogP contribution in [0.15, 0.2) is 24.3 Å². The summed E-state index contributed by atoms with van der Waals surface area (Å²) in [5.74, 6) is 2.31. The number of carbonyl (C=O) groups excluding carboxylic acids is 1. The van der Waals surface area contributed by atoms with E-state index in [0.29, 0.717) is 5.95 Å². The number of aryl methyl sites for hydroxylation is 1. The zero-order valence-corrected chi connectivity index (χ0v) is 13.5. The minimum atomic E-state index is -0.116. The third-order valence-corrected chi connectivity index (χ3v) is 4.31. The Kier molecular flexibility index (Phi) is 5.50. The third kappa shape index (κ3) is 3.33. The van der Waals surface area contributed by atoms with E-state index in [4.69, 9.17) is 0 Å². The highest BCUT2D eigenvalue weighted by Gasteiger charge is 2.24. The monoisotopic (exact) mass is 326 g/mol. The van der Waals surface area contributed by atoms with Crippen molar-refractivity contribution >= 4 is 47.1 Å². The van der Waals surface area contributed by atoms with E-state index in [0.717, 1.165) is 35.6 Å². The quantitative estimate of drug-likeness (QED) is 0.906. The standard InChI is InChI=1S/C14H18N4OS.ClH/c1-2-7-18-12-6-4-3-5-10(12)16-14(18)17-13(19)11-8-20-9-15-11;/h3-6,11,15H,2,7-9H2,1H3,(H,16,17,19);1H. The van der Waals surface area contributed by atoms with Gasteiger partial charge in [0.05, 0.1) is 17.1 Å². The summed E-state index contributed by atoms with van der Waals surface area (Å²) in [6, 6.07) is 7.86. The fraction of sp³-hybridized carbons (Fsp3) is 0.429. The Labute approximate surface area is 134 Å². The van der Waals surface area contributed by atoms with Crippen molar-refractivity contribution in [1.82, 2.24) is 14.9 Å². The lowest BCUT2D eigenvalue weighted by Crippen LogP contribution is -2.38. The molecule has 1 unspecified atom stereocenters. The second kappa shape index (κ2) is 7.15. The molecule has 114 valence electrons. The van der Waals surface area contributed by atoms with Gasteiger partial charge >= 0.3 is 0 Å². The van der Waals surface area contributed by atoms with Crippen molar-refractivity contribution in [3.63, 3.8) is 0 Å². The minimum absolute atomic E-state index is 0. The van der Waals surface area contributed by atoms with Crippen LogP contribution in [0.25, 0.3) is 11.0 Å². The first-order valence-electron chi connectivity index (χ1n) is 6.87. The smallest absolute Gasteiger partial charge is 0.244 e. The normalized spacial score (nSPS) is 17.7. The minimum Gasteiger partial charge on any atom is -0.310 e. The first-order valence-corrected chi connectivity index (χ1v) is 8.02. The molecule has 1 saturated heterocycles. The molecule has 1 aromatic carbocycles. The molecule has 1 fully saturated rings. The van der Waals surface area contributed by atoms with Crippen molar-refractivity contribution in [3.05, 3.63) is 24.3 Å². The van der Waals surface area contributed by atoms with Gasteiger partial charge in [0.25, 0.3) is 0 Å². The first-order chi connectivity index (χ1) is 9.79. The number of imidazole rings is 1. The van der Waals surface area contributed by atoms with Gasteiger partial charge in [-0.3, -0.25) is 15.4 Å². The number of amides is 1. The largest absolute Gasteiger partial charge is 0.310 e. The molecule has 0 aliphatic carbocycles. The summed E-state index contributed by atoms with van der Waals surface area (Å²) in [6.07, 6.45) is 1.00. The number of thioether (sulfide) groups is 1. The molecule has 0 saturated carbocycles. The number of benzene rings is 1. The second-order valence-corrected chi connectivity index (χ2v) is 5.87. The molecule has 2 N–H and O–H groups in total. The summed E-state index contributed by atoms with van der Waals surface area (Å²) in [5.41, 5.74) is 1.99. The summed E-state index contributed by atoms with van der Waals surface area (Å²) >= 11 is 1.74. The van der Waals surface area contributed by atoms with Gasteiger partial charge in [0, 0.05) is 18.2 Å². The number of rotatable bonds is 4. The van der Waals surface area contributed by atoms with E-state index >= 15 is 0 Å². The maximum Gasteiger partial charge on any atom is 0.244 e. The number of carbonyl (C=O) groups is 1. The molecule has 1 aliphatic heterocycles. The molecule has 0 radical (unpaired) electrons. The lowest BCUT2D eigenvalue weighted by molar-refractivity contribution is -0.117. The molecule has 1 atom stereocenters. The number of aromatic nitrogens is 2. The van der Waals surface area contributed by atoms with Gasteiger partial charge in [-0.1, -0.05) is 19.1 Å². The van der Waals surface area contributed by atoms with Crippen LogP contribution in [0.2, 0.25) is 0 Å². The summed E-state index contributed by atoms with van der Waals surface area (Å²) in [6.45, 7) is 2.97. The zero-order valence-electron chi connectivity index (χ0n) is 11.8. The number of nitrogens with one attached hydrogen (secondary N) is 2. The molecule has 7 heteroatoms. The molecule has 2 aromatic rings. The van der Waals surface area contributed by atoms with E-state index in [2.05, 4.69) is 27.1 Å². The summed E-state index contributed by atoms with van der Waals surface area (Å²) in [7, 11) is 0. The second-order valence-electron chi connectivity index (χ2n) is 4.84. The first kappa shape index (κ1) is 16.1. The van der Waals surface area contributed by atoms with Crippen molar-refractivity contribution in [3.8, 4) is 0 Å². The van der Waals surface area contributed by atoms with E-state index in [1.165, 1.54) is 0 Å². The van der Waals surface area contributed by atoms with Crippen LogP contribution in [-0.2, 0) is 11.3 Å². The van der Waals surface area contributed by atoms with Crippen molar-refractivity contribution < 1.29 is 4.79 Å². The number of para-hydroxylation sites is 2. The average Bonchev–Trinajstić information content (AvgIpc) is 3.08. The summed E-state index contributed by atoms with van der Waals surface area (Å²) in [4.78, 5) is 16.7. The number of nitrogens with zero attached hydrogens (tertiary/aromatic N) is 2. The lowest BCUT2D eigenvalue weighted by atomic mass is 10.3. The molecule has 1 amide bonds. The average molecular weight is 327 g/mol. The predicted octanol–water partition coefficient (Wildman–Crippen LogP) is 2.47. The van der Waals surface area contributed by atoms with Gasteiger partial charge in [0.1, 0.15) is 0 Å². The maximum absolute atomic E-state index is 12.2. The molecular formula is C14H19ClN4OS. The van der Waals surface area contributed by atoms with Gasteiger partial charge < -0.3 is 4.57 Å². The Morgan fingerprint density at radius 1 is 1.52 bits per heavy atom. The highest BCUT2D eigenvalue weighted by Crippen LogP contribution is 2.20. The summed E-state index contributed by atoms with van der Waals surface area (Å²) in [5, 5.41) is 6.14. The van der Waals surface area contributed by atoms with E-state index in [-0.39, 0.29) is 24.4 Å². The van der Waals surface area contributed by atoms with Gasteiger partial charge in [-0.15, -0.1) is 24.2 Å². The van der Waals surface area contributed by atoms with Crippen molar-refractivity contribution in [2.75, 3.05) is 16.9 Å². The number of fused-ring (bicyclic) bond motifs is 1. The number of halogens is 1. The van der Waals surface area contributed by atoms with Gasteiger partial charge in [0.2, 0.25) is 11.9 Å². The molecule has 1 aliphatic rings. The Morgan fingerprint density at radius 3 is 3.05 bits per heavy atom. The topological polar surface area (TPSA) is 59.0 Å². The number of hydrogen-bond acceptors (Lipinski definition) is 4. The van der Waals surface area contributed by atoms with Crippen LogP contribution < -0.4 is 10.6 Å². The Bertz CT molecular complexity index is 624. The van der Waals surface area contributed by atoms with Crippen LogP contribution >= 0.6 is 24.2 Å². The highest BCUT2D eigenvalue weighted by atomic mass is 35.5. The molecule has 21 heavy (non-hydrogen) atoms. The van der Waals surface area contributed by atoms with Crippen molar-refractivity contribution in [1.29, 1.82) is 0 Å². The Hall–Kier alpha value is -1.24. The van der Waals surface area contributed by atoms with Crippen molar-refractivity contribution in [2.45, 2.75) is 25.9 Å². The van der Waals surface area contributed by atoms with Crippen molar-refractivity contribution in [2.24, 2.45) is 0 Å². The molecule has 1 aromatic heterocycles. The van der Waals surface area contributed by atoms with Crippen LogP contribution in [0.1, 0.15) is 13.3 Å². The number of hydrogen-bond donors (Lipinski definition) is 2. The van der Waals surface area contributed by atoms with Crippen LogP contribution in [0.3, 0.4) is 0 Å². The molecule has 2 heterocycles. The Balaban J connectivity index is 0.00000161. The van der Waals surface area contributed by atoms with Crippen LogP contribution in [0.5, 0.6) is 0 Å². The van der Waals surface area contributed by atoms with E-state index in [9.17, 15) is 4.79 Å².